The highest BCUT2D eigenvalue weighted by atomic mass is 32.2. The van der Waals surface area contributed by atoms with Crippen molar-refractivity contribution < 1.29 is 24.1 Å². The van der Waals surface area contributed by atoms with E-state index in [1.54, 1.807) is 23.6 Å². The van der Waals surface area contributed by atoms with Crippen LogP contribution < -0.4 is 4.74 Å². The van der Waals surface area contributed by atoms with Gasteiger partial charge in [-0.1, -0.05) is 23.9 Å². The van der Waals surface area contributed by atoms with E-state index in [2.05, 4.69) is 22.2 Å². The second kappa shape index (κ2) is 8.31. The number of aromatic nitrogens is 5. The Hall–Kier alpha value is -1.53. The lowest BCUT2D eigenvalue weighted by Crippen LogP contribution is -2.31. The minimum absolute atomic E-state index is 0.0442. The lowest BCUT2D eigenvalue weighted by atomic mass is 10.2. The second-order valence-electron chi connectivity index (χ2n) is 7.57. The van der Waals surface area contributed by atoms with Crippen molar-refractivity contribution in [3.8, 4) is 5.88 Å². The van der Waals surface area contributed by atoms with E-state index < -0.39 is 5.79 Å². The Morgan fingerprint density at radius 3 is 2.79 bits per heavy atom. The molecule has 10 nitrogen and oxygen atoms in total. The number of fused-ring (bicyclic) bond motifs is 2. The molecule has 4 rings (SSSR count). The number of aliphatic hydroxyl groups excluding tert-OH is 1. The average molecular weight is 426 g/mol. The quantitative estimate of drug-likeness (QED) is 0.494. The van der Waals surface area contributed by atoms with Crippen LogP contribution >= 0.6 is 11.8 Å². The zero-order valence-electron chi connectivity index (χ0n) is 17.1. The molecule has 1 aliphatic carbocycles. The van der Waals surface area contributed by atoms with Gasteiger partial charge in [0, 0.05) is 12.2 Å². The van der Waals surface area contributed by atoms with E-state index >= 15 is 0 Å². The summed E-state index contributed by atoms with van der Waals surface area (Å²) in [5.41, 5.74) is 1.12. The smallest absolute Gasteiger partial charge is 0.248 e. The van der Waals surface area contributed by atoms with Crippen molar-refractivity contribution >= 4 is 22.9 Å². The maximum atomic E-state index is 9.16. The van der Waals surface area contributed by atoms with E-state index in [-0.39, 0.29) is 37.6 Å². The first-order chi connectivity index (χ1) is 14.0. The monoisotopic (exact) mass is 425 g/mol. The molecule has 160 valence electrons. The number of hydrogen-bond acceptors (Lipinski definition) is 10. The van der Waals surface area contributed by atoms with Crippen molar-refractivity contribution in [3.63, 3.8) is 0 Å². The highest BCUT2D eigenvalue weighted by Gasteiger charge is 2.56. The average Bonchev–Trinajstić information content (AvgIpc) is 3.34. The molecule has 0 aromatic carbocycles. The van der Waals surface area contributed by atoms with Crippen LogP contribution in [0.1, 0.15) is 39.7 Å². The maximum absolute atomic E-state index is 9.16. The van der Waals surface area contributed by atoms with Crippen LogP contribution in [0.3, 0.4) is 0 Å². The van der Waals surface area contributed by atoms with Gasteiger partial charge in [-0.25, -0.2) is 9.67 Å². The maximum Gasteiger partial charge on any atom is 0.248 e. The molecule has 1 saturated carbocycles. The Bertz CT molecular complexity index is 863. The normalized spacial score (nSPS) is 28.2. The van der Waals surface area contributed by atoms with Crippen LogP contribution in [0.4, 0.5) is 0 Å². The van der Waals surface area contributed by atoms with Gasteiger partial charge in [0.15, 0.2) is 22.1 Å². The number of thioether (sulfide) groups is 1. The molecular weight excluding hydrogens is 398 g/mol. The molecule has 1 N–H and O–H groups in total. The molecule has 0 unspecified atom stereocenters. The fraction of sp³-hybridized carbons (Fsp3) is 0.778. The molecule has 11 heteroatoms. The SMILES string of the molecule is CCCSc1nc(OC)c2nnn([C@@H]3C[C@H](OCCO)[C@H]4OC(C)(C)O[C@H]43)c2n1. The number of ether oxygens (including phenoxy) is 4. The molecule has 0 amide bonds. The number of aliphatic hydroxyl groups is 1. The van der Waals surface area contributed by atoms with Gasteiger partial charge in [-0.3, -0.25) is 0 Å². The highest BCUT2D eigenvalue weighted by Crippen LogP contribution is 2.45. The molecule has 0 radical (unpaired) electrons. The third kappa shape index (κ3) is 3.93. The van der Waals surface area contributed by atoms with Gasteiger partial charge in [0.05, 0.1) is 32.5 Å². The Kier molecular flexibility index (Phi) is 5.94. The third-order valence-electron chi connectivity index (χ3n) is 5.02. The summed E-state index contributed by atoms with van der Waals surface area (Å²) in [6.07, 6.45) is 0.913. The molecule has 2 aliphatic rings. The van der Waals surface area contributed by atoms with Gasteiger partial charge in [0.25, 0.3) is 0 Å². The van der Waals surface area contributed by atoms with Crippen LogP contribution in [-0.2, 0) is 14.2 Å². The van der Waals surface area contributed by atoms with Gasteiger partial charge in [-0.2, -0.15) is 4.98 Å². The van der Waals surface area contributed by atoms with Crippen molar-refractivity contribution in [1.82, 2.24) is 25.0 Å². The first-order valence-electron chi connectivity index (χ1n) is 9.85. The van der Waals surface area contributed by atoms with Crippen molar-refractivity contribution in [2.45, 2.75) is 68.9 Å². The van der Waals surface area contributed by atoms with E-state index in [0.717, 1.165) is 12.2 Å². The molecule has 1 saturated heterocycles. The number of methoxy groups -OCH3 is 1. The Labute approximate surface area is 173 Å². The topological polar surface area (TPSA) is 114 Å². The zero-order valence-corrected chi connectivity index (χ0v) is 17.9. The number of nitrogens with zero attached hydrogens (tertiary/aromatic N) is 5. The molecule has 3 heterocycles. The third-order valence-corrected chi connectivity index (χ3v) is 6.07. The minimum atomic E-state index is -0.722. The first kappa shape index (κ1) is 20.7. The van der Waals surface area contributed by atoms with E-state index in [0.29, 0.717) is 28.6 Å². The summed E-state index contributed by atoms with van der Waals surface area (Å²) in [5, 5.41) is 18.4. The largest absolute Gasteiger partial charge is 0.479 e. The standard InChI is InChI=1S/C18H27N5O5S/c1-5-8-29-17-19-15-12(16(20-17)25-4)21-22-23(15)10-9-11(26-7-6-24)14-13(10)27-18(2,3)28-14/h10-11,13-14,24H,5-9H2,1-4H3/t10-,11+,13+,14-/m1/s1. The van der Waals surface area contributed by atoms with Crippen LogP contribution in [0.25, 0.3) is 11.2 Å². The lowest BCUT2D eigenvalue weighted by molar-refractivity contribution is -0.171. The Morgan fingerprint density at radius 2 is 2.07 bits per heavy atom. The van der Waals surface area contributed by atoms with Gasteiger partial charge in [0.2, 0.25) is 5.88 Å². The first-order valence-corrected chi connectivity index (χ1v) is 10.8. The molecular formula is C18H27N5O5S. The van der Waals surface area contributed by atoms with E-state index in [4.69, 9.17) is 29.0 Å². The summed E-state index contributed by atoms with van der Waals surface area (Å²) in [5.74, 6) is 0.596. The van der Waals surface area contributed by atoms with Crippen molar-refractivity contribution in [1.29, 1.82) is 0 Å². The van der Waals surface area contributed by atoms with Gasteiger partial charge < -0.3 is 24.1 Å². The van der Waals surface area contributed by atoms with E-state index in [9.17, 15) is 0 Å². The molecule has 0 bridgehead atoms. The molecule has 4 atom stereocenters. The fourth-order valence-corrected chi connectivity index (χ4v) is 4.61. The molecule has 29 heavy (non-hydrogen) atoms. The number of hydrogen-bond donors (Lipinski definition) is 1. The van der Waals surface area contributed by atoms with Gasteiger partial charge in [-0.15, -0.1) is 5.10 Å². The molecule has 0 spiro atoms. The van der Waals surface area contributed by atoms with Gasteiger partial charge >= 0.3 is 0 Å². The molecule has 1 aliphatic heterocycles. The summed E-state index contributed by atoms with van der Waals surface area (Å²) in [7, 11) is 1.57. The second-order valence-corrected chi connectivity index (χ2v) is 8.63. The van der Waals surface area contributed by atoms with Crippen LogP contribution in [0, 0.1) is 0 Å². The van der Waals surface area contributed by atoms with Crippen LogP contribution in [0.15, 0.2) is 5.16 Å². The summed E-state index contributed by atoms with van der Waals surface area (Å²) in [4.78, 5) is 9.14. The Morgan fingerprint density at radius 1 is 1.28 bits per heavy atom. The number of rotatable bonds is 8. The summed E-state index contributed by atoms with van der Waals surface area (Å²) in [6.45, 7) is 6.08. The summed E-state index contributed by atoms with van der Waals surface area (Å²) < 4.78 is 25.3. The zero-order chi connectivity index (χ0) is 20.6. The molecule has 2 aromatic rings. The van der Waals surface area contributed by atoms with Crippen LogP contribution in [-0.4, -0.2) is 80.2 Å². The van der Waals surface area contributed by atoms with Gasteiger partial charge in [0.1, 0.15) is 12.2 Å². The fourth-order valence-electron chi connectivity index (χ4n) is 3.92. The molecule has 2 fully saturated rings. The van der Waals surface area contributed by atoms with Crippen molar-refractivity contribution in [2.75, 3.05) is 26.1 Å². The highest BCUT2D eigenvalue weighted by molar-refractivity contribution is 7.99. The van der Waals surface area contributed by atoms with Crippen LogP contribution in [0.5, 0.6) is 5.88 Å². The van der Waals surface area contributed by atoms with Crippen molar-refractivity contribution in [3.05, 3.63) is 0 Å². The summed E-state index contributed by atoms with van der Waals surface area (Å²) >= 11 is 1.57. The predicted molar refractivity (Wildman–Crippen MR) is 105 cm³/mol. The van der Waals surface area contributed by atoms with E-state index in [1.165, 1.54) is 0 Å². The molecule has 2 aromatic heterocycles. The van der Waals surface area contributed by atoms with Crippen molar-refractivity contribution in [2.24, 2.45) is 0 Å². The van der Waals surface area contributed by atoms with Gasteiger partial charge in [-0.05, 0) is 20.3 Å². The van der Waals surface area contributed by atoms with Crippen LogP contribution in [0.2, 0.25) is 0 Å². The minimum Gasteiger partial charge on any atom is -0.479 e. The lowest BCUT2D eigenvalue weighted by Gasteiger charge is -2.23. The summed E-state index contributed by atoms with van der Waals surface area (Å²) in [6, 6.07) is -0.168. The Balaban J connectivity index is 1.71. The predicted octanol–water partition coefficient (Wildman–Crippen LogP) is 1.57. The van der Waals surface area contributed by atoms with E-state index in [1.807, 2.05) is 13.8 Å².